The maximum atomic E-state index is 12.3. The first-order valence-corrected chi connectivity index (χ1v) is 9.98. The van der Waals surface area contributed by atoms with Crippen LogP contribution in [0.1, 0.15) is 56.9 Å². The van der Waals surface area contributed by atoms with Gasteiger partial charge in [0.1, 0.15) is 0 Å². The van der Waals surface area contributed by atoms with Crippen LogP contribution in [0.25, 0.3) is 0 Å². The molecule has 1 amide bonds. The van der Waals surface area contributed by atoms with Crippen molar-refractivity contribution in [1.29, 1.82) is 0 Å². The SMILES string of the molecule is O=C(O)CCCCCCN1C(=O)CCC[C@@H]1C=C[C@@H](O)Cc1ccccc1. The molecule has 1 aromatic carbocycles. The van der Waals surface area contributed by atoms with E-state index in [1.54, 1.807) is 0 Å². The molecule has 5 heteroatoms. The second-order valence-corrected chi connectivity index (χ2v) is 7.25. The van der Waals surface area contributed by atoms with E-state index in [2.05, 4.69) is 0 Å². The van der Waals surface area contributed by atoms with Gasteiger partial charge in [-0.1, -0.05) is 55.3 Å². The molecular weight excluding hydrogens is 342 g/mol. The van der Waals surface area contributed by atoms with E-state index in [1.807, 2.05) is 47.4 Å². The summed E-state index contributed by atoms with van der Waals surface area (Å²) < 4.78 is 0. The molecule has 2 rings (SSSR count). The number of carbonyl (C=O) groups is 2. The summed E-state index contributed by atoms with van der Waals surface area (Å²) in [6, 6.07) is 9.93. The minimum atomic E-state index is -0.750. The van der Waals surface area contributed by atoms with E-state index in [0.29, 0.717) is 25.8 Å². The first-order valence-electron chi connectivity index (χ1n) is 9.98. The summed E-state index contributed by atoms with van der Waals surface area (Å²) in [6.07, 6.45) is 9.84. The summed E-state index contributed by atoms with van der Waals surface area (Å²) in [5, 5.41) is 18.9. The summed E-state index contributed by atoms with van der Waals surface area (Å²) in [6.45, 7) is 0.704. The molecule has 0 radical (unpaired) electrons. The molecule has 27 heavy (non-hydrogen) atoms. The van der Waals surface area contributed by atoms with Crippen molar-refractivity contribution in [3.8, 4) is 0 Å². The number of nitrogens with zero attached hydrogens (tertiary/aromatic N) is 1. The quantitative estimate of drug-likeness (QED) is 0.459. The Hall–Kier alpha value is -2.14. The van der Waals surface area contributed by atoms with Gasteiger partial charge in [0.15, 0.2) is 0 Å². The fraction of sp³-hybridized carbons (Fsp3) is 0.545. The van der Waals surface area contributed by atoms with Crippen molar-refractivity contribution in [2.75, 3.05) is 6.54 Å². The number of piperidine rings is 1. The van der Waals surface area contributed by atoms with Crippen LogP contribution in [0.2, 0.25) is 0 Å². The number of likely N-dealkylation sites (tertiary alicyclic amines) is 1. The highest BCUT2D eigenvalue weighted by atomic mass is 16.4. The van der Waals surface area contributed by atoms with Crippen LogP contribution in [0, 0.1) is 0 Å². The lowest BCUT2D eigenvalue weighted by molar-refractivity contribution is -0.137. The van der Waals surface area contributed by atoms with Gasteiger partial charge in [-0.25, -0.2) is 0 Å². The van der Waals surface area contributed by atoms with Crippen molar-refractivity contribution < 1.29 is 19.8 Å². The van der Waals surface area contributed by atoms with E-state index < -0.39 is 12.1 Å². The lowest BCUT2D eigenvalue weighted by Crippen LogP contribution is -2.43. The molecule has 1 saturated heterocycles. The van der Waals surface area contributed by atoms with Crippen LogP contribution in [-0.2, 0) is 16.0 Å². The second kappa shape index (κ2) is 11.5. The summed E-state index contributed by atoms with van der Waals surface area (Å²) in [5.41, 5.74) is 1.09. The molecule has 1 fully saturated rings. The number of aliphatic hydroxyl groups excluding tert-OH is 1. The molecule has 1 aliphatic heterocycles. The number of benzene rings is 1. The number of aliphatic carboxylic acids is 1. The average Bonchev–Trinajstić information content (AvgIpc) is 2.65. The van der Waals surface area contributed by atoms with E-state index in [0.717, 1.165) is 37.7 Å². The second-order valence-electron chi connectivity index (χ2n) is 7.25. The van der Waals surface area contributed by atoms with Crippen LogP contribution in [-0.4, -0.2) is 45.7 Å². The van der Waals surface area contributed by atoms with E-state index in [-0.39, 0.29) is 18.4 Å². The highest BCUT2D eigenvalue weighted by Gasteiger charge is 2.25. The van der Waals surface area contributed by atoms with Gasteiger partial charge in [0.05, 0.1) is 12.1 Å². The van der Waals surface area contributed by atoms with Crippen molar-refractivity contribution in [2.24, 2.45) is 0 Å². The third-order valence-corrected chi connectivity index (χ3v) is 4.99. The largest absolute Gasteiger partial charge is 0.481 e. The summed E-state index contributed by atoms with van der Waals surface area (Å²) in [7, 11) is 0. The van der Waals surface area contributed by atoms with Crippen molar-refractivity contribution in [1.82, 2.24) is 4.90 Å². The fourth-order valence-corrected chi connectivity index (χ4v) is 3.53. The number of carbonyl (C=O) groups excluding carboxylic acids is 1. The first-order chi connectivity index (χ1) is 13.1. The van der Waals surface area contributed by atoms with Gasteiger partial charge in [0.2, 0.25) is 5.91 Å². The van der Waals surface area contributed by atoms with E-state index >= 15 is 0 Å². The van der Waals surface area contributed by atoms with Crippen LogP contribution >= 0.6 is 0 Å². The Kier molecular flexibility index (Phi) is 9.05. The van der Waals surface area contributed by atoms with Crippen molar-refractivity contribution in [2.45, 2.75) is 69.9 Å². The summed E-state index contributed by atoms with van der Waals surface area (Å²) in [5.74, 6) is -0.570. The zero-order chi connectivity index (χ0) is 19.5. The number of hydrogen-bond donors (Lipinski definition) is 2. The molecular formula is C22H31NO4. The predicted molar refractivity (Wildman–Crippen MR) is 105 cm³/mol. The van der Waals surface area contributed by atoms with Gasteiger partial charge in [-0.2, -0.15) is 0 Å². The van der Waals surface area contributed by atoms with Gasteiger partial charge in [0.25, 0.3) is 0 Å². The van der Waals surface area contributed by atoms with Crippen LogP contribution in [0.15, 0.2) is 42.5 Å². The van der Waals surface area contributed by atoms with Crippen molar-refractivity contribution >= 4 is 11.9 Å². The van der Waals surface area contributed by atoms with Gasteiger partial charge >= 0.3 is 5.97 Å². The fourth-order valence-electron chi connectivity index (χ4n) is 3.53. The molecule has 2 N–H and O–H groups in total. The monoisotopic (exact) mass is 373 g/mol. The Morgan fingerprint density at radius 3 is 2.67 bits per heavy atom. The molecule has 0 unspecified atom stereocenters. The third kappa shape index (κ3) is 7.95. The van der Waals surface area contributed by atoms with Gasteiger partial charge in [-0.05, 0) is 31.2 Å². The Labute approximate surface area is 161 Å². The topological polar surface area (TPSA) is 77.8 Å². The molecule has 5 nitrogen and oxygen atoms in total. The molecule has 0 aromatic heterocycles. The maximum absolute atomic E-state index is 12.3. The number of amides is 1. The van der Waals surface area contributed by atoms with Crippen LogP contribution in [0.5, 0.6) is 0 Å². The van der Waals surface area contributed by atoms with Gasteiger partial charge in [0, 0.05) is 25.8 Å². The van der Waals surface area contributed by atoms with Gasteiger partial charge in [-0.3, -0.25) is 9.59 Å². The zero-order valence-corrected chi connectivity index (χ0v) is 15.9. The molecule has 0 saturated carbocycles. The Morgan fingerprint density at radius 2 is 1.93 bits per heavy atom. The highest BCUT2D eigenvalue weighted by molar-refractivity contribution is 5.77. The van der Waals surface area contributed by atoms with Crippen LogP contribution < -0.4 is 0 Å². The lowest BCUT2D eigenvalue weighted by Gasteiger charge is -2.34. The summed E-state index contributed by atoms with van der Waals surface area (Å²) >= 11 is 0. The molecule has 148 valence electrons. The average molecular weight is 373 g/mol. The number of carboxylic acids is 1. The minimum Gasteiger partial charge on any atom is -0.481 e. The molecule has 1 heterocycles. The van der Waals surface area contributed by atoms with Crippen LogP contribution in [0.4, 0.5) is 0 Å². The third-order valence-electron chi connectivity index (χ3n) is 4.99. The molecule has 0 aliphatic carbocycles. The Balaban J connectivity index is 1.79. The minimum absolute atomic E-state index is 0.0516. The molecule has 1 aliphatic rings. The van der Waals surface area contributed by atoms with E-state index in [1.165, 1.54) is 0 Å². The number of carboxylic acid groups (broad SMARTS) is 1. The van der Waals surface area contributed by atoms with Crippen molar-refractivity contribution in [3.05, 3.63) is 48.0 Å². The number of hydrogen-bond acceptors (Lipinski definition) is 3. The lowest BCUT2D eigenvalue weighted by atomic mass is 9.99. The standard InChI is InChI=1S/C22H31NO4/c24-20(17-18-9-4-3-5-10-18)15-14-19-11-8-12-21(25)23(19)16-7-2-1-6-13-22(26)27/h3-5,9-10,14-15,19-20,24H,1-2,6-8,11-13,16-17H2,(H,26,27)/t19-,20-/m1/s1. The Bertz CT molecular complexity index is 614. The Morgan fingerprint density at radius 1 is 1.19 bits per heavy atom. The van der Waals surface area contributed by atoms with E-state index in [4.69, 9.17) is 5.11 Å². The molecule has 1 aromatic rings. The number of aliphatic hydroxyl groups is 1. The molecule has 0 bridgehead atoms. The summed E-state index contributed by atoms with van der Waals surface area (Å²) in [4.78, 5) is 24.8. The zero-order valence-electron chi connectivity index (χ0n) is 15.9. The van der Waals surface area contributed by atoms with E-state index in [9.17, 15) is 14.7 Å². The first kappa shape index (κ1) is 21.2. The predicted octanol–water partition coefficient (Wildman–Crippen LogP) is 3.56. The molecule has 2 atom stereocenters. The normalized spacial score (nSPS) is 18.8. The van der Waals surface area contributed by atoms with Crippen LogP contribution in [0.3, 0.4) is 0 Å². The van der Waals surface area contributed by atoms with Gasteiger partial charge < -0.3 is 15.1 Å². The number of unbranched alkanes of at least 4 members (excludes halogenated alkanes) is 3. The van der Waals surface area contributed by atoms with Gasteiger partial charge in [-0.15, -0.1) is 0 Å². The number of rotatable bonds is 11. The highest BCUT2D eigenvalue weighted by Crippen LogP contribution is 2.21. The van der Waals surface area contributed by atoms with Crippen molar-refractivity contribution in [3.63, 3.8) is 0 Å². The maximum Gasteiger partial charge on any atom is 0.303 e. The molecule has 0 spiro atoms. The smallest absolute Gasteiger partial charge is 0.303 e.